The van der Waals surface area contributed by atoms with Crippen LogP contribution < -0.4 is 10.6 Å². The number of nitro benzene ring substituents is 2. The van der Waals surface area contributed by atoms with E-state index in [0.717, 1.165) is 48.6 Å². The highest BCUT2D eigenvalue weighted by Gasteiger charge is 2.19. The van der Waals surface area contributed by atoms with Crippen molar-refractivity contribution in [1.82, 2.24) is 0 Å². The number of nitro groups is 2. The Hall–Kier alpha value is -3.20. The van der Waals surface area contributed by atoms with E-state index in [4.69, 9.17) is 0 Å². The lowest BCUT2D eigenvalue weighted by Gasteiger charge is -2.34. The van der Waals surface area contributed by atoms with E-state index in [-0.39, 0.29) is 21.2 Å². The maximum absolute atomic E-state index is 10.9. The molecule has 0 aliphatic heterocycles. The molecule has 0 saturated carbocycles. The molecule has 0 saturated heterocycles. The Morgan fingerprint density at radius 2 is 1.23 bits per heavy atom. The van der Waals surface area contributed by atoms with Crippen LogP contribution in [0.1, 0.15) is 18.1 Å². The lowest BCUT2D eigenvalue weighted by atomic mass is 10.2. The normalized spacial score (nSPS) is 11.2. The van der Waals surface area contributed by atoms with Gasteiger partial charge in [-0.25, -0.2) is 0 Å². The third kappa shape index (κ3) is 6.15. The van der Waals surface area contributed by atoms with Crippen LogP contribution in [-0.4, -0.2) is 54.1 Å². The molecule has 2 aromatic carbocycles. The molecule has 0 heterocycles. The quantitative estimate of drug-likeness (QED) is 0.324. The molecule has 0 aliphatic rings. The van der Waals surface area contributed by atoms with Crippen LogP contribution in [0.4, 0.5) is 22.7 Å². The third-order valence-corrected chi connectivity index (χ3v) is 5.51. The molecule has 2 aromatic rings. The predicted octanol–water partition coefficient (Wildman–Crippen LogP) is 4.11. The molecule has 30 heavy (non-hydrogen) atoms. The Morgan fingerprint density at radius 1 is 0.833 bits per heavy atom. The van der Waals surface area contributed by atoms with Gasteiger partial charge in [0.05, 0.1) is 49.6 Å². The summed E-state index contributed by atoms with van der Waals surface area (Å²) in [5, 5.41) is 28.6. The minimum atomic E-state index is -0.371. The Labute approximate surface area is 176 Å². The molecule has 0 fully saturated rings. The van der Waals surface area contributed by atoms with Crippen LogP contribution in [0.25, 0.3) is 0 Å². The minimum absolute atomic E-state index is 0.127. The maximum Gasteiger partial charge on any atom is 0.272 e. The molecule has 0 aromatic heterocycles. The summed E-state index contributed by atoms with van der Waals surface area (Å²) < 4.78 is 0.845. The van der Waals surface area contributed by atoms with Crippen molar-refractivity contribution in [3.8, 4) is 0 Å². The number of hydrogen-bond acceptors (Lipinski definition) is 6. The van der Waals surface area contributed by atoms with Gasteiger partial charge in [0, 0.05) is 34.6 Å². The molecule has 0 radical (unpaired) electrons. The minimum Gasteiger partial charge on any atom is -0.379 e. The molecule has 0 unspecified atom stereocenters. The van der Waals surface area contributed by atoms with Gasteiger partial charge < -0.3 is 15.1 Å². The number of benzene rings is 2. The molecule has 9 heteroatoms. The second-order valence-corrected chi connectivity index (χ2v) is 7.75. The Morgan fingerprint density at radius 3 is 1.53 bits per heavy atom. The van der Waals surface area contributed by atoms with Crippen LogP contribution >= 0.6 is 0 Å². The molecule has 0 atom stereocenters. The molecule has 9 nitrogen and oxygen atoms in total. The molecule has 0 aliphatic carbocycles. The highest BCUT2D eigenvalue weighted by atomic mass is 16.6. The summed E-state index contributed by atoms with van der Waals surface area (Å²) in [6.07, 6.45) is 0. The van der Waals surface area contributed by atoms with E-state index in [0.29, 0.717) is 11.1 Å². The smallest absolute Gasteiger partial charge is 0.272 e. The van der Waals surface area contributed by atoms with Crippen LogP contribution in [0.15, 0.2) is 36.4 Å². The van der Waals surface area contributed by atoms with Crippen molar-refractivity contribution >= 4 is 22.7 Å². The van der Waals surface area contributed by atoms with Crippen LogP contribution in [0.2, 0.25) is 0 Å². The van der Waals surface area contributed by atoms with E-state index in [9.17, 15) is 20.2 Å². The summed E-state index contributed by atoms with van der Waals surface area (Å²) in [7, 11) is 2.19. The van der Waals surface area contributed by atoms with Gasteiger partial charge in [-0.1, -0.05) is 0 Å². The van der Waals surface area contributed by atoms with Gasteiger partial charge in [-0.3, -0.25) is 20.2 Å². The summed E-state index contributed by atoms with van der Waals surface area (Å²) in [5.74, 6) is 0. The van der Waals surface area contributed by atoms with Crippen molar-refractivity contribution in [2.45, 2.75) is 20.8 Å². The predicted molar refractivity (Wildman–Crippen MR) is 119 cm³/mol. The lowest BCUT2D eigenvalue weighted by molar-refractivity contribution is -0.904. The van der Waals surface area contributed by atoms with Crippen LogP contribution in [0.3, 0.4) is 0 Å². The molecule has 0 amide bonds. The summed E-state index contributed by atoms with van der Waals surface area (Å²) in [4.78, 5) is 21.1. The zero-order valence-electron chi connectivity index (χ0n) is 18.0. The third-order valence-electron chi connectivity index (χ3n) is 5.51. The number of nitrogens with zero attached hydrogens (tertiary/aromatic N) is 3. The van der Waals surface area contributed by atoms with E-state index in [2.05, 4.69) is 24.6 Å². The largest absolute Gasteiger partial charge is 0.379 e. The lowest BCUT2D eigenvalue weighted by Crippen LogP contribution is -2.49. The first-order chi connectivity index (χ1) is 14.1. The number of aryl methyl sites for hydroxylation is 2. The van der Waals surface area contributed by atoms with Gasteiger partial charge in [-0.15, -0.1) is 0 Å². The first-order valence-corrected chi connectivity index (χ1v) is 9.96. The molecular formula is C21H30N5O4+. The second-order valence-electron chi connectivity index (χ2n) is 7.75. The molecular weight excluding hydrogens is 386 g/mol. The van der Waals surface area contributed by atoms with Crippen molar-refractivity contribution in [2.24, 2.45) is 0 Å². The van der Waals surface area contributed by atoms with E-state index in [1.807, 2.05) is 0 Å². The maximum atomic E-state index is 10.9. The molecule has 2 rings (SSSR count). The Kier molecular flexibility index (Phi) is 7.71. The fourth-order valence-electron chi connectivity index (χ4n) is 3.31. The van der Waals surface area contributed by atoms with Crippen molar-refractivity contribution in [3.05, 3.63) is 67.8 Å². The van der Waals surface area contributed by atoms with Gasteiger partial charge in [0.1, 0.15) is 0 Å². The number of hydrogen-bond donors (Lipinski definition) is 2. The van der Waals surface area contributed by atoms with E-state index in [1.165, 1.54) is 12.1 Å². The van der Waals surface area contributed by atoms with Crippen LogP contribution in [0, 0.1) is 34.1 Å². The number of nitrogens with one attached hydrogen (secondary N) is 2. The SMILES string of the molecule is CC[N+](C)(CCNc1ccc([N+](=O)[O-])c(C)c1)CCNc1ccc([N+](=O)[O-])c(C)c1. The highest BCUT2D eigenvalue weighted by molar-refractivity contribution is 5.54. The zero-order chi connectivity index (χ0) is 22.3. The summed E-state index contributed by atoms with van der Waals surface area (Å²) >= 11 is 0. The summed E-state index contributed by atoms with van der Waals surface area (Å²) in [6, 6.07) is 10.1. The van der Waals surface area contributed by atoms with Crippen molar-refractivity contribution in [1.29, 1.82) is 0 Å². The molecule has 2 N–H and O–H groups in total. The first kappa shape index (κ1) is 23.1. The fraction of sp³-hybridized carbons (Fsp3) is 0.429. The summed E-state index contributed by atoms with van der Waals surface area (Å²) in [5.41, 5.74) is 3.28. The van der Waals surface area contributed by atoms with Crippen molar-refractivity contribution in [3.63, 3.8) is 0 Å². The molecule has 162 valence electrons. The van der Waals surface area contributed by atoms with Gasteiger partial charge in [-0.05, 0) is 45.0 Å². The molecule has 0 bridgehead atoms. The monoisotopic (exact) mass is 416 g/mol. The standard InChI is InChI=1S/C21H30N5O4/c1-5-26(4,12-10-22-18-6-8-20(24(27)28)16(2)14-18)13-11-23-19-7-9-21(25(29)30)17(3)15-19/h6-9,14-15,22-23H,5,10-13H2,1-4H3/q+1. The topological polar surface area (TPSA) is 110 Å². The van der Waals surface area contributed by atoms with E-state index >= 15 is 0 Å². The van der Waals surface area contributed by atoms with Crippen molar-refractivity contribution < 1.29 is 14.3 Å². The average Bonchev–Trinajstić information content (AvgIpc) is 2.67. The number of quaternary nitrogens is 1. The van der Waals surface area contributed by atoms with Gasteiger partial charge in [0.15, 0.2) is 0 Å². The zero-order valence-corrected chi connectivity index (χ0v) is 18.0. The van der Waals surface area contributed by atoms with Crippen molar-refractivity contribution in [2.75, 3.05) is 50.4 Å². The Balaban J connectivity index is 1.85. The Bertz CT molecular complexity index is 847. The number of rotatable bonds is 11. The van der Waals surface area contributed by atoms with Gasteiger partial charge in [0.25, 0.3) is 11.4 Å². The van der Waals surface area contributed by atoms with Crippen LogP contribution in [-0.2, 0) is 0 Å². The average molecular weight is 417 g/mol. The highest BCUT2D eigenvalue weighted by Crippen LogP contribution is 2.22. The molecule has 0 spiro atoms. The number of anilines is 2. The first-order valence-electron chi connectivity index (χ1n) is 9.96. The van der Waals surface area contributed by atoms with Gasteiger partial charge in [-0.2, -0.15) is 0 Å². The van der Waals surface area contributed by atoms with E-state index in [1.54, 1.807) is 38.1 Å². The fourth-order valence-corrected chi connectivity index (χ4v) is 3.31. The second kappa shape index (κ2) is 10.0. The number of likely N-dealkylation sites (N-methyl/N-ethyl adjacent to an activating group) is 1. The van der Waals surface area contributed by atoms with Gasteiger partial charge in [0.2, 0.25) is 0 Å². The van der Waals surface area contributed by atoms with Crippen LogP contribution in [0.5, 0.6) is 0 Å². The van der Waals surface area contributed by atoms with E-state index < -0.39 is 0 Å². The van der Waals surface area contributed by atoms with Gasteiger partial charge >= 0.3 is 0 Å². The summed E-state index contributed by atoms with van der Waals surface area (Å²) in [6.45, 7) is 9.87.